The molecule has 2 aromatic rings. The fourth-order valence-corrected chi connectivity index (χ4v) is 4.42. The third-order valence-electron chi connectivity index (χ3n) is 5.27. The van der Waals surface area contributed by atoms with Crippen molar-refractivity contribution < 1.29 is 19.4 Å². The lowest BCUT2D eigenvalue weighted by Crippen LogP contribution is -2.51. The van der Waals surface area contributed by atoms with Gasteiger partial charge in [-0.15, -0.1) is 0 Å². The van der Waals surface area contributed by atoms with E-state index in [2.05, 4.69) is 0 Å². The molecular formula is C20H18ClNO4. The highest BCUT2D eigenvalue weighted by Crippen LogP contribution is 2.56. The summed E-state index contributed by atoms with van der Waals surface area (Å²) >= 11 is 6.00. The third kappa shape index (κ3) is 2.14. The Hall–Kier alpha value is -2.37. The van der Waals surface area contributed by atoms with E-state index >= 15 is 0 Å². The smallest absolute Gasteiger partial charge is 0.337 e. The summed E-state index contributed by atoms with van der Waals surface area (Å²) in [6.07, 6.45) is -0.819. The molecule has 2 aliphatic heterocycles. The molecule has 3 atom stereocenters. The SMILES string of the molecule is CCOC(=O)[C@]12c3ccccc3C(=O)N1[C@H](O)C[C@H]2c1ccc(Cl)cc1. The van der Waals surface area contributed by atoms with Crippen LogP contribution in [0.3, 0.4) is 0 Å². The van der Waals surface area contributed by atoms with Crippen LogP contribution in [0.15, 0.2) is 48.5 Å². The molecule has 4 rings (SSSR count). The van der Waals surface area contributed by atoms with E-state index in [1.165, 1.54) is 4.90 Å². The van der Waals surface area contributed by atoms with Gasteiger partial charge in [0.1, 0.15) is 6.23 Å². The molecule has 0 aliphatic carbocycles. The summed E-state index contributed by atoms with van der Waals surface area (Å²) in [5.41, 5.74) is 0.475. The van der Waals surface area contributed by atoms with E-state index in [4.69, 9.17) is 16.3 Å². The van der Waals surface area contributed by atoms with Gasteiger partial charge in [-0.1, -0.05) is 41.9 Å². The minimum absolute atomic E-state index is 0.189. The van der Waals surface area contributed by atoms with Gasteiger partial charge in [-0.3, -0.25) is 9.69 Å². The van der Waals surface area contributed by atoms with Crippen LogP contribution in [-0.2, 0) is 15.1 Å². The van der Waals surface area contributed by atoms with Crippen molar-refractivity contribution in [3.8, 4) is 0 Å². The Morgan fingerprint density at radius 2 is 1.96 bits per heavy atom. The second-order valence-electron chi connectivity index (χ2n) is 6.53. The highest BCUT2D eigenvalue weighted by molar-refractivity contribution is 6.30. The summed E-state index contributed by atoms with van der Waals surface area (Å²) in [7, 11) is 0. The van der Waals surface area contributed by atoms with E-state index in [0.29, 0.717) is 16.1 Å². The molecule has 2 aliphatic rings. The molecule has 1 fully saturated rings. The number of fused-ring (bicyclic) bond motifs is 3. The van der Waals surface area contributed by atoms with E-state index in [-0.39, 0.29) is 18.9 Å². The first-order valence-electron chi connectivity index (χ1n) is 8.55. The molecule has 0 spiro atoms. The topological polar surface area (TPSA) is 66.8 Å². The molecule has 6 heteroatoms. The lowest BCUT2D eigenvalue weighted by molar-refractivity contribution is -0.158. The first-order chi connectivity index (χ1) is 12.5. The molecule has 1 N–H and O–H groups in total. The Morgan fingerprint density at radius 3 is 2.65 bits per heavy atom. The minimum Gasteiger partial charge on any atom is -0.464 e. The van der Waals surface area contributed by atoms with Gasteiger partial charge in [-0.25, -0.2) is 4.79 Å². The Bertz CT molecular complexity index is 882. The van der Waals surface area contributed by atoms with Crippen LogP contribution in [0.5, 0.6) is 0 Å². The van der Waals surface area contributed by atoms with E-state index in [1.807, 2.05) is 12.1 Å². The number of benzene rings is 2. The van der Waals surface area contributed by atoms with Crippen molar-refractivity contribution in [2.45, 2.75) is 31.0 Å². The zero-order valence-corrected chi connectivity index (χ0v) is 14.9. The number of halogens is 1. The molecule has 26 heavy (non-hydrogen) atoms. The summed E-state index contributed by atoms with van der Waals surface area (Å²) in [6, 6.07) is 14.1. The molecule has 0 bridgehead atoms. The van der Waals surface area contributed by atoms with Gasteiger partial charge in [0.15, 0.2) is 5.54 Å². The highest BCUT2D eigenvalue weighted by Gasteiger charge is 2.66. The third-order valence-corrected chi connectivity index (χ3v) is 5.53. The monoisotopic (exact) mass is 371 g/mol. The number of carbonyl (C=O) groups excluding carboxylic acids is 2. The lowest BCUT2D eigenvalue weighted by atomic mass is 9.75. The highest BCUT2D eigenvalue weighted by atomic mass is 35.5. The van der Waals surface area contributed by atoms with Gasteiger partial charge in [0.25, 0.3) is 5.91 Å². The van der Waals surface area contributed by atoms with Gasteiger partial charge in [-0.05, 0) is 30.7 Å². The van der Waals surface area contributed by atoms with Gasteiger partial charge in [0.2, 0.25) is 0 Å². The van der Waals surface area contributed by atoms with Crippen LogP contribution in [0.25, 0.3) is 0 Å². The number of esters is 1. The molecule has 0 saturated carbocycles. The van der Waals surface area contributed by atoms with Crippen molar-refractivity contribution in [2.24, 2.45) is 0 Å². The van der Waals surface area contributed by atoms with Crippen LogP contribution in [0.2, 0.25) is 5.02 Å². The van der Waals surface area contributed by atoms with Crippen molar-refractivity contribution in [2.75, 3.05) is 6.61 Å². The number of rotatable bonds is 3. The van der Waals surface area contributed by atoms with Gasteiger partial charge in [-0.2, -0.15) is 0 Å². The average molecular weight is 372 g/mol. The second kappa shape index (κ2) is 6.11. The standard InChI is InChI=1S/C20H18ClNO4/c1-2-26-19(25)20-15-6-4-3-5-14(15)18(24)22(20)17(23)11-16(20)12-7-9-13(21)10-8-12/h3-10,16-17,23H,2,11H2,1H3/t16-,17+,20+/m0/s1. The molecule has 0 radical (unpaired) electrons. The Balaban J connectivity index is 1.97. The van der Waals surface area contributed by atoms with Gasteiger partial charge in [0.05, 0.1) is 6.61 Å². The van der Waals surface area contributed by atoms with E-state index in [9.17, 15) is 14.7 Å². The van der Waals surface area contributed by atoms with E-state index in [1.54, 1.807) is 43.3 Å². The zero-order valence-electron chi connectivity index (χ0n) is 14.2. The molecule has 1 saturated heterocycles. The van der Waals surface area contributed by atoms with Crippen LogP contribution >= 0.6 is 11.6 Å². The lowest BCUT2D eigenvalue weighted by Gasteiger charge is -2.36. The molecule has 2 heterocycles. The number of ether oxygens (including phenoxy) is 1. The summed E-state index contributed by atoms with van der Waals surface area (Å²) in [4.78, 5) is 27.5. The fourth-order valence-electron chi connectivity index (χ4n) is 4.30. The van der Waals surface area contributed by atoms with E-state index in [0.717, 1.165) is 5.56 Å². The number of aliphatic hydroxyl groups is 1. The minimum atomic E-state index is -1.36. The normalized spacial score (nSPS) is 26.6. The number of hydrogen-bond acceptors (Lipinski definition) is 4. The Kier molecular flexibility index (Phi) is 4.01. The maximum absolute atomic E-state index is 13.2. The van der Waals surface area contributed by atoms with Crippen LogP contribution < -0.4 is 0 Å². The summed E-state index contributed by atoms with van der Waals surface area (Å²) < 4.78 is 5.39. The maximum Gasteiger partial charge on any atom is 0.337 e. The number of hydrogen-bond donors (Lipinski definition) is 1. The summed E-state index contributed by atoms with van der Waals surface area (Å²) in [5.74, 6) is -1.30. The molecule has 0 aromatic heterocycles. The van der Waals surface area contributed by atoms with Crippen molar-refractivity contribution in [3.05, 3.63) is 70.2 Å². The predicted molar refractivity (Wildman–Crippen MR) is 95.7 cm³/mol. The second-order valence-corrected chi connectivity index (χ2v) is 6.96. The van der Waals surface area contributed by atoms with Crippen LogP contribution in [0.4, 0.5) is 0 Å². The van der Waals surface area contributed by atoms with Gasteiger partial charge < -0.3 is 9.84 Å². The number of nitrogens with zero attached hydrogens (tertiary/aromatic N) is 1. The van der Waals surface area contributed by atoms with Crippen LogP contribution in [0, 0.1) is 0 Å². The first kappa shape index (κ1) is 17.1. The number of aliphatic hydroxyl groups excluding tert-OH is 1. The molecule has 2 aromatic carbocycles. The fraction of sp³-hybridized carbons (Fsp3) is 0.300. The van der Waals surface area contributed by atoms with Crippen LogP contribution in [0.1, 0.15) is 40.7 Å². The predicted octanol–water partition coefficient (Wildman–Crippen LogP) is 3.06. The average Bonchev–Trinajstić information content (AvgIpc) is 3.09. The quantitative estimate of drug-likeness (QED) is 0.842. The number of amides is 1. The zero-order chi connectivity index (χ0) is 18.5. The summed E-state index contributed by atoms with van der Waals surface area (Å²) in [5, 5.41) is 11.3. The molecule has 5 nitrogen and oxygen atoms in total. The van der Waals surface area contributed by atoms with Crippen molar-refractivity contribution >= 4 is 23.5 Å². The van der Waals surface area contributed by atoms with E-state index < -0.39 is 23.7 Å². The Morgan fingerprint density at radius 1 is 1.27 bits per heavy atom. The summed E-state index contributed by atoms with van der Waals surface area (Å²) in [6.45, 7) is 1.92. The molecule has 0 unspecified atom stereocenters. The largest absolute Gasteiger partial charge is 0.464 e. The molecular weight excluding hydrogens is 354 g/mol. The Labute approximate surface area is 156 Å². The van der Waals surface area contributed by atoms with Crippen molar-refractivity contribution in [3.63, 3.8) is 0 Å². The van der Waals surface area contributed by atoms with Gasteiger partial charge in [0, 0.05) is 28.5 Å². The maximum atomic E-state index is 13.2. The van der Waals surface area contributed by atoms with Gasteiger partial charge >= 0.3 is 5.97 Å². The molecule has 1 amide bonds. The van der Waals surface area contributed by atoms with Crippen LogP contribution in [-0.4, -0.2) is 34.7 Å². The number of carbonyl (C=O) groups is 2. The first-order valence-corrected chi connectivity index (χ1v) is 8.93. The van der Waals surface area contributed by atoms with Crippen molar-refractivity contribution in [1.29, 1.82) is 0 Å². The van der Waals surface area contributed by atoms with Crippen molar-refractivity contribution in [1.82, 2.24) is 4.90 Å². The molecule has 134 valence electrons.